The Morgan fingerprint density at radius 3 is 2.91 bits per heavy atom. The van der Waals surface area contributed by atoms with Crippen molar-refractivity contribution in [3.63, 3.8) is 0 Å². The Morgan fingerprint density at radius 2 is 2.55 bits per heavy atom. The normalized spacial score (nSPS) is 10.0. The summed E-state index contributed by atoms with van der Waals surface area (Å²) in [6.45, 7) is 0.204. The van der Waals surface area contributed by atoms with E-state index in [-0.39, 0.29) is 12.2 Å². The third kappa shape index (κ3) is 1.38. The molecule has 0 radical (unpaired) electrons. The highest BCUT2D eigenvalue weighted by molar-refractivity contribution is 5.86. The number of aromatic nitrogens is 2. The van der Waals surface area contributed by atoms with Crippen LogP contribution in [0, 0.1) is 0 Å². The lowest BCUT2D eigenvalue weighted by Gasteiger charge is -1.89. The maximum Gasteiger partial charge on any atom is 0.356 e. The van der Waals surface area contributed by atoms with Gasteiger partial charge in [-0.2, -0.15) is 5.10 Å². The number of aromatic carboxylic acids is 1. The highest BCUT2D eigenvalue weighted by Crippen LogP contribution is 2.04. The molecule has 3 N–H and O–H groups in total. The first-order valence-electron chi connectivity index (χ1n) is 3.11. The summed E-state index contributed by atoms with van der Waals surface area (Å²) in [5, 5.41) is 12.3. The number of hydrogen-bond donors (Lipinski definition) is 2. The van der Waals surface area contributed by atoms with Gasteiger partial charge < -0.3 is 10.8 Å². The third-order valence-electron chi connectivity index (χ3n) is 1.33. The maximum absolute atomic E-state index is 10.5. The Hall–Kier alpha value is -1.36. The van der Waals surface area contributed by atoms with Gasteiger partial charge in [0, 0.05) is 25.4 Å². The van der Waals surface area contributed by atoms with Crippen LogP contribution in [0.2, 0.25) is 0 Å². The first-order valence-corrected chi connectivity index (χ1v) is 3.11. The second-order valence-electron chi connectivity index (χ2n) is 2.19. The molecule has 0 bridgehead atoms. The fourth-order valence-corrected chi connectivity index (χ4v) is 0.867. The summed E-state index contributed by atoms with van der Waals surface area (Å²) in [5.74, 6) is -1.04. The molecule has 1 rings (SSSR count). The molecule has 0 saturated heterocycles. The molecule has 0 unspecified atom stereocenters. The summed E-state index contributed by atoms with van der Waals surface area (Å²) in [6, 6.07) is 0. The van der Waals surface area contributed by atoms with Gasteiger partial charge >= 0.3 is 5.97 Å². The molecule has 0 aliphatic rings. The first-order chi connectivity index (χ1) is 5.15. The van der Waals surface area contributed by atoms with Gasteiger partial charge in [0.25, 0.3) is 0 Å². The molecule has 0 atom stereocenters. The monoisotopic (exact) mass is 155 g/mol. The topological polar surface area (TPSA) is 81.1 Å². The number of nitrogens with zero attached hydrogens (tertiary/aromatic N) is 2. The number of aryl methyl sites for hydroxylation is 1. The average molecular weight is 155 g/mol. The smallest absolute Gasteiger partial charge is 0.356 e. The SMILES string of the molecule is Cn1cc(CN)c(C(=O)O)n1. The van der Waals surface area contributed by atoms with Gasteiger partial charge in [-0.15, -0.1) is 0 Å². The molecule has 0 spiro atoms. The Morgan fingerprint density at radius 1 is 1.91 bits per heavy atom. The molecule has 5 heteroatoms. The molecule has 0 fully saturated rings. The molecule has 0 aliphatic heterocycles. The van der Waals surface area contributed by atoms with E-state index >= 15 is 0 Å². The van der Waals surface area contributed by atoms with Crippen LogP contribution in [-0.2, 0) is 13.6 Å². The van der Waals surface area contributed by atoms with Crippen molar-refractivity contribution < 1.29 is 9.90 Å². The Bertz CT molecular complexity index is 279. The van der Waals surface area contributed by atoms with Gasteiger partial charge in [-0.1, -0.05) is 0 Å². The van der Waals surface area contributed by atoms with Crippen LogP contribution in [0.4, 0.5) is 0 Å². The van der Waals surface area contributed by atoms with Crippen molar-refractivity contribution >= 4 is 5.97 Å². The van der Waals surface area contributed by atoms with Crippen LogP contribution in [0.3, 0.4) is 0 Å². The van der Waals surface area contributed by atoms with Crippen LogP contribution < -0.4 is 5.73 Å². The van der Waals surface area contributed by atoms with Crippen LogP contribution >= 0.6 is 0 Å². The largest absolute Gasteiger partial charge is 0.476 e. The molecule has 1 aromatic heterocycles. The minimum atomic E-state index is -1.04. The van der Waals surface area contributed by atoms with Crippen LogP contribution in [0.15, 0.2) is 6.20 Å². The van der Waals surface area contributed by atoms with Crippen molar-refractivity contribution in [3.8, 4) is 0 Å². The minimum Gasteiger partial charge on any atom is -0.476 e. The van der Waals surface area contributed by atoms with Crippen LogP contribution in [-0.4, -0.2) is 20.9 Å². The van der Waals surface area contributed by atoms with Crippen molar-refractivity contribution in [2.24, 2.45) is 12.8 Å². The number of nitrogens with two attached hydrogens (primary N) is 1. The molecule has 0 aromatic carbocycles. The molecule has 0 saturated carbocycles. The molecular weight excluding hydrogens is 146 g/mol. The van der Waals surface area contributed by atoms with Crippen LogP contribution in [0.5, 0.6) is 0 Å². The van der Waals surface area contributed by atoms with E-state index in [4.69, 9.17) is 10.8 Å². The number of hydrogen-bond acceptors (Lipinski definition) is 3. The number of rotatable bonds is 2. The third-order valence-corrected chi connectivity index (χ3v) is 1.33. The molecule has 1 heterocycles. The van der Waals surface area contributed by atoms with E-state index in [9.17, 15) is 4.79 Å². The molecule has 5 nitrogen and oxygen atoms in total. The zero-order valence-electron chi connectivity index (χ0n) is 6.11. The molecule has 1 aromatic rings. The van der Waals surface area contributed by atoms with Crippen LogP contribution in [0.25, 0.3) is 0 Å². The van der Waals surface area contributed by atoms with E-state index in [0.717, 1.165) is 0 Å². The van der Waals surface area contributed by atoms with Gasteiger partial charge in [0.1, 0.15) is 0 Å². The summed E-state index contributed by atoms with van der Waals surface area (Å²) in [5.41, 5.74) is 5.88. The minimum absolute atomic E-state index is 0.0370. The van der Waals surface area contributed by atoms with Gasteiger partial charge in [-0.25, -0.2) is 4.79 Å². The first kappa shape index (κ1) is 7.74. The zero-order valence-corrected chi connectivity index (χ0v) is 6.11. The Kier molecular flexibility index (Phi) is 1.91. The summed E-state index contributed by atoms with van der Waals surface area (Å²) in [4.78, 5) is 10.5. The van der Waals surface area contributed by atoms with Crippen molar-refractivity contribution in [1.82, 2.24) is 9.78 Å². The fourth-order valence-electron chi connectivity index (χ4n) is 0.867. The fraction of sp³-hybridized carbons (Fsp3) is 0.333. The van der Waals surface area contributed by atoms with Gasteiger partial charge in [0.2, 0.25) is 0 Å². The van der Waals surface area contributed by atoms with Gasteiger partial charge in [0.05, 0.1) is 0 Å². The second-order valence-corrected chi connectivity index (χ2v) is 2.19. The Balaban J connectivity index is 3.12. The van der Waals surface area contributed by atoms with E-state index in [1.54, 1.807) is 13.2 Å². The van der Waals surface area contributed by atoms with Crippen molar-refractivity contribution in [2.75, 3.05) is 0 Å². The quantitative estimate of drug-likeness (QED) is 0.607. The van der Waals surface area contributed by atoms with Crippen molar-refractivity contribution in [1.29, 1.82) is 0 Å². The highest BCUT2D eigenvalue weighted by Gasteiger charge is 2.12. The summed E-state index contributed by atoms with van der Waals surface area (Å²) in [7, 11) is 1.66. The van der Waals surface area contributed by atoms with Crippen molar-refractivity contribution in [3.05, 3.63) is 17.5 Å². The summed E-state index contributed by atoms with van der Waals surface area (Å²) >= 11 is 0. The highest BCUT2D eigenvalue weighted by atomic mass is 16.4. The molecule has 0 amide bonds. The predicted molar refractivity (Wildman–Crippen MR) is 38.1 cm³/mol. The molecule has 0 aliphatic carbocycles. The number of carboxylic acid groups (broad SMARTS) is 1. The zero-order chi connectivity index (χ0) is 8.43. The average Bonchev–Trinajstić information content (AvgIpc) is 2.30. The standard InChI is InChI=1S/C6H9N3O2/c1-9-3-4(2-7)5(8-9)6(10)11/h3H,2,7H2,1H3,(H,10,11). The van der Waals surface area contributed by atoms with Gasteiger partial charge in [0.15, 0.2) is 5.69 Å². The lowest BCUT2D eigenvalue weighted by Crippen LogP contribution is -2.05. The summed E-state index contributed by atoms with van der Waals surface area (Å²) < 4.78 is 1.44. The van der Waals surface area contributed by atoms with E-state index < -0.39 is 5.97 Å². The lowest BCUT2D eigenvalue weighted by molar-refractivity contribution is 0.0688. The molecular formula is C6H9N3O2. The lowest BCUT2D eigenvalue weighted by atomic mass is 10.2. The van der Waals surface area contributed by atoms with E-state index in [0.29, 0.717) is 5.56 Å². The number of carboxylic acids is 1. The summed E-state index contributed by atoms with van der Waals surface area (Å²) in [6.07, 6.45) is 1.60. The van der Waals surface area contributed by atoms with E-state index in [2.05, 4.69) is 5.10 Å². The van der Waals surface area contributed by atoms with E-state index in [1.165, 1.54) is 4.68 Å². The van der Waals surface area contributed by atoms with Gasteiger partial charge in [-0.3, -0.25) is 4.68 Å². The number of carbonyl (C=O) groups is 1. The molecule has 60 valence electrons. The molecule has 11 heavy (non-hydrogen) atoms. The van der Waals surface area contributed by atoms with Crippen molar-refractivity contribution in [2.45, 2.75) is 6.54 Å². The van der Waals surface area contributed by atoms with Gasteiger partial charge in [-0.05, 0) is 0 Å². The maximum atomic E-state index is 10.5. The predicted octanol–water partition coefficient (Wildman–Crippen LogP) is -0.423. The Labute approximate surface area is 63.4 Å². The second kappa shape index (κ2) is 2.71. The van der Waals surface area contributed by atoms with Crippen LogP contribution in [0.1, 0.15) is 16.1 Å². The van der Waals surface area contributed by atoms with E-state index in [1.807, 2.05) is 0 Å².